The molecule has 1 aliphatic heterocycles. The third kappa shape index (κ3) is 3.08. The minimum atomic E-state index is 0.730. The number of nitrogens with two attached hydrogens (primary N) is 1. The van der Waals surface area contributed by atoms with Gasteiger partial charge in [0.2, 0.25) is 0 Å². The Bertz CT molecular complexity index is 395. The Hall–Kier alpha value is -1.52. The SMILES string of the molecule is CCN(CC)c1ncnc(N2CCCCCC2)c1N. The summed E-state index contributed by atoms with van der Waals surface area (Å²) in [5, 5.41) is 0. The predicted molar refractivity (Wildman–Crippen MR) is 80.7 cm³/mol. The summed E-state index contributed by atoms with van der Waals surface area (Å²) in [6.45, 7) is 8.18. The van der Waals surface area contributed by atoms with E-state index in [0.29, 0.717) is 0 Å². The minimum absolute atomic E-state index is 0.730. The summed E-state index contributed by atoms with van der Waals surface area (Å²) in [7, 11) is 0. The molecule has 2 N–H and O–H groups in total. The van der Waals surface area contributed by atoms with Crippen LogP contribution in [0, 0.1) is 0 Å². The van der Waals surface area contributed by atoms with Crippen LogP contribution in [0.5, 0.6) is 0 Å². The Labute approximate surface area is 115 Å². The first-order valence-corrected chi connectivity index (χ1v) is 7.38. The molecule has 0 spiro atoms. The third-order valence-corrected chi connectivity index (χ3v) is 3.81. The van der Waals surface area contributed by atoms with Crippen molar-refractivity contribution < 1.29 is 0 Å². The fourth-order valence-corrected chi connectivity index (χ4v) is 2.69. The van der Waals surface area contributed by atoms with Crippen molar-refractivity contribution in [3.05, 3.63) is 6.33 Å². The Morgan fingerprint density at radius 1 is 1.11 bits per heavy atom. The van der Waals surface area contributed by atoms with Gasteiger partial charge in [-0.05, 0) is 26.7 Å². The number of rotatable bonds is 4. The molecule has 1 aromatic rings. The van der Waals surface area contributed by atoms with E-state index in [-0.39, 0.29) is 0 Å². The molecule has 1 aromatic heterocycles. The van der Waals surface area contributed by atoms with Crippen LogP contribution in [-0.4, -0.2) is 36.1 Å². The lowest BCUT2D eigenvalue weighted by Crippen LogP contribution is -2.29. The smallest absolute Gasteiger partial charge is 0.157 e. The molecule has 0 bridgehead atoms. The summed E-state index contributed by atoms with van der Waals surface area (Å²) in [5.74, 6) is 1.79. The Morgan fingerprint density at radius 2 is 1.74 bits per heavy atom. The van der Waals surface area contributed by atoms with Crippen LogP contribution in [0.1, 0.15) is 39.5 Å². The van der Waals surface area contributed by atoms with Gasteiger partial charge in [-0.25, -0.2) is 9.97 Å². The minimum Gasteiger partial charge on any atom is -0.393 e. The van der Waals surface area contributed by atoms with E-state index in [2.05, 4.69) is 33.6 Å². The number of hydrogen-bond donors (Lipinski definition) is 1. The van der Waals surface area contributed by atoms with Crippen LogP contribution in [0.2, 0.25) is 0 Å². The van der Waals surface area contributed by atoms with Gasteiger partial charge in [0.1, 0.15) is 12.0 Å². The van der Waals surface area contributed by atoms with Crippen LogP contribution in [0.3, 0.4) is 0 Å². The van der Waals surface area contributed by atoms with Crippen molar-refractivity contribution in [3.8, 4) is 0 Å². The maximum atomic E-state index is 6.31. The molecule has 5 heteroatoms. The number of anilines is 3. The van der Waals surface area contributed by atoms with E-state index in [1.165, 1.54) is 25.7 Å². The highest BCUT2D eigenvalue weighted by Gasteiger charge is 2.18. The summed E-state index contributed by atoms with van der Waals surface area (Å²) in [5.41, 5.74) is 7.04. The second-order valence-electron chi connectivity index (χ2n) is 5.01. The summed E-state index contributed by atoms with van der Waals surface area (Å²) in [4.78, 5) is 13.3. The topological polar surface area (TPSA) is 58.3 Å². The van der Waals surface area contributed by atoms with Crippen molar-refractivity contribution in [3.63, 3.8) is 0 Å². The van der Waals surface area contributed by atoms with Crippen LogP contribution in [0.4, 0.5) is 17.3 Å². The lowest BCUT2D eigenvalue weighted by molar-refractivity contribution is 0.726. The van der Waals surface area contributed by atoms with Gasteiger partial charge in [0, 0.05) is 26.2 Å². The van der Waals surface area contributed by atoms with Crippen molar-refractivity contribution in [2.45, 2.75) is 39.5 Å². The van der Waals surface area contributed by atoms with Crippen molar-refractivity contribution in [2.75, 3.05) is 41.7 Å². The molecule has 0 radical (unpaired) electrons. The molecule has 19 heavy (non-hydrogen) atoms. The van der Waals surface area contributed by atoms with Gasteiger partial charge in [0.15, 0.2) is 11.6 Å². The van der Waals surface area contributed by atoms with Gasteiger partial charge in [0.05, 0.1) is 0 Å². The molecule has 2 heterocycles. The molecule has 0 unspecified atom stereocenters. The van der Waals surface area contributed by atoms with Crippen LogP contribution in [-0.2, 0) is 0 Å². The average Bonchev–Trinajstić information content (AvgIpc) is 2.71. The molecule has 0 amide bonds. The molecule has 106 valence electrons. The van der Waals surface area contributed by atoms with Crippen molar-refractivity contribution in [1.82, 2.24) is 9.97 Å². The molecular weight excluding hydrogens is 238 g/mol. The van der Waals surface area contributed by atoms with Crippen LogP contribution in [0.15, 0.2) is 6.33 Å². The van der Waals surface area contributed by atoms with E-state index in [0.717, 1.165) is 43.5 Å². The second-order valence-corrected chi connectivity index (χ2v) is 5.01. The molecule has 1 fully saturated rings. The van der Waals surface area contributed by atoms with Crippen LogP contribution in [0.25, 0.3) is 0 Å². The first kappa shape index (κ1) is 13.9. The molecule has 1 aliphatic rings. The zero-order chi connectivity index (χ0) is 13.7. The molecule has 1 saturated heterocycles. The van der Waals surface area contributed by atoms with Gasteiger partial charge >= 0.3 is 0 Å². The monoisotopic (exact) mass is 263 g/mol. The molecular formula is C14H25N5. The molecule has 5 nitrogen and oxygen atoms in total. The highest BCUT2D eigenvalue weighted by atomic mass is 15.2. The van der Waals surface area contributed by atoms with E-state index in [9.17, 15) is 0 Å². The molecule has 2 rings (SSSR count). The molecule has 0 aromatic carbocycles. The first-order chi connectivity index (χ1) is 9.27. The average molecular weight is 263 g/mol. The van der Waals surface area contributed by atoms with Gasteiger partial charge in [-0.2, -0.15) is 0 Å². The summed E-state index contributed by atoms with van der Waals surface area (Å²) in [6, 6.07) is 0. The number of aromatic nitrogens is 2. The lowest BCUT2D eigenvalue weighted by Gasteiger charge is -2.26. The molecule has 0 aliphatic carbocycles. The Morgan fingerprint density at radius 3 is 2.32 bits per heavy atom. The highest BCUT2D eigenvalue weighted by Crippen LogP contribution is 2.30. The predicted octanol–water partition coefficient (Wildman–Crippen LogP) is 2.29. The highest BCUT2D eigenvalue weighted by molar-refractivity contribution is 5.75. The normalized spacial score (nSPS) is 16.2. The van der Waals surface area contributed by atoms with Gasteiger partial charge < -0.3 is 15.5 Å². The van der Waals surface area contributed by atoms with Gasteiger partial charge in [0.25, 0.3) is 0 Å². The Kier molecular flexibility index (Phi) is 4.82. The van der Waals surface area contributed by atoms with Crippen molar-refractivity contribution in [1.29, 1.82) is 0 Å². The maximum Gasteiger partial charge on any atom is 0.157 e. The standard InChI is InChI=1S/C14H25N5/c1-3-18(4-2)13-12(15)14(17-11-16-13)19-9-7-5-6-8-10-19/h11H,3-10,15H2,1-2H3. The zero-order valence-corrected chi connectivity index (χ0v) is 12.1. The van der Waals surface area contributed by atoms with E-state index < -0.39 is 0 Å². The fraction of sp³-hybridized carbons (Fsp3) is 0.714. The van der Waals surface area contributed by atoms with Crippen LogP contribution < -0.4 is 15.5 Å². The van der Waals surface area contributed by atoms with E-state index >= 15 is 0 Å². The van der Waals surface area contributed by atoms with Crippen molar-refractivity contribution in [2.24, 2.45) is 0 Å². The summed E-state index contributed by atoms with van der Waals surface area (Å²) >= 11 is 0. The fourth-order valence-electron chi connectivity index (χ4n) is 2.69. The van der Waals surface area contributed by atoms with Gasteiger partial charge in [-0.15, -0.1) is 0 Å². The van der Waals surface area contributed by atoms with E-state index in [1.54, 1.807) is 6.33 Å². The van der Waals surface area contributed by atoms with Gasteiger partial charge in [-0.3, -0.25) is 0 Å². The quantitative estimate of drug-likeness (QED) is 0.903. The lowest BCUT2D eigenvalue weighted by atomic mass is 10.2. The zero-order valence-electron chi connectivity index (χ0n) is 12.1. The van der Waals surface area contributed by atoms with Gasteiger partial charge in [-0.1, -0.05) is 12.8 Å². The van der Waals surface area contributed by atoms with E-state index in [1.807, 2.05) is 0 Å². The number of nitrogen functional groups attached to an aromatic ring is 1. The maximum absolute atomic E-state index is 6.31. The molecule has 0 atom stereocenters. The first-order valence-electron chi connectivity index (χ1n) is 7.38. The van der Waals surface area contributed by atoms with Crippen LogP contribution >= 0.6 is 0 Å². The molecule has 0 saturated carbocycles. The largest absolute Gasteiger partial charge is 0.393 e. The second kappa shape index (κ2) is 6.59. The summed E-state index contributed by atoms with van der Waals surface area (Å²) in [6.07, 6.45) is 6.72. The van der Waals surface area contributed by atoms with Crippen molar-refractivity contribution >= 4 is 17.3 Å². The third-order valence-electron chi connectivity index (χ3n) is 3.81. The summed E-state index contributed by atoms with van der Waals surface area (Å²) < 4.78 is 0. The number of nitrogens with zero attached hydrogens (tertiary/aromatic N) is 4. The Balaban J connectivity index is 2.27. The number of hydrogen-bond acceptors (Lipinski definition) is 5. The van der Waals surface area contributed by atoms with E-state index in [4.69, 9.17) is 5.73 Å².